The van der Waals surface area contributed by atoms with Crippen molar-refractivity contribution in [2.75, 3.05) is 19.8 Å². The maximum Gasteiger partial charge on any atom is 0.220 e. The lowest BCUT2D eigenvalue weighted by molar-refractivity contribution is -0.119. The number of amides is 1. The van der Waals surface area contributed by atoms with Gasteiger partial charge in [-0.05, 0) is 6.42 Å². The quantitative estimate of drug-likeness (QED) is 0.530. The number of rotatable bonds is 2. The first kappa shape index (κ1) is 11.4. The molecular weight excluding hydrogens is 158 g/mol. The first-order valence-corrected chi connectivity index (χ1v) is 4.19. The normalized spacial score (nSPS) is 15.5. The van der Waals surface area contributed by atoms with Gasteiger partial charge < -0.3 is 15.5 Å². The van der Waals surface area contributed by atoms with Gasteiger partial charge in [-0.25, -0.2) is 0 Å². The van der Waals surface area contributed by atoms with E-state index in [1.807, 2.05) is 0 Å². The fourth-order valence-electron chi connectivity index (χ4n) is 0.623. The minimum absolute atomic E-state index is 0.0463. The van der Waals surface area contributed by atoms with Crippen LogP contribution in [0.5, 0.6) is 0 Å². The van der Waals surface area contributed by atoms with Crippen molar-refractivity contribution in [2.24, 2.45) is 5.92 Å². The average molecular weight is 175 g/mol. The molecule has 1 aliphatic heterocycles. The van der Waals surface area contributed by atoms with Crippen LogP contribution in [0.25, 0.3) is 0 Å². The van der Waals surface area contributed by atoms with E-state index in [0.29, 0.717) is 0 Å². The van der Waals surface area contributed by atoms with E-state index in [1.54, 1.807) is 6.92 Å². The van der Waals surface area contributed by atoms with E-state index in [-0.39, 0.29) is 25.0 Å². The molecule has 4 nitrogen and oxygen atoms in total. The molecule has 1 rings (SSSR count). The number of carbonyl (C=O) groups is 1. The summed E-state index contributed by atoms with van der Waals surface area (Å²) in [7, 11) is 0. The average Bonchev–Trinajstić information content (AvgIpc) is 2.55. The van der Waals surface area contributed by atoms with E-state index >= 15 is 0 Å². The van der Waals surface area contributed by atoms with E-state index in [2.05, 4.69) is 5.32 Å². The number of hydrogen-bond acceptors (Lipinski definition) is 3. The van der Waals surface area contributed by atoms with Crippen LogP contribution < -0.4 is 5.32 Å². The molecule has 72 valence electrons. The molecule has 0 bridgehead atoms. The standard InChI is InChI=1S/C4H7NO.C4H10O2/c6-4-2-1-3-5-4;1-4(2-5)3-6/h1-3H2,(H,5,6);4-6H,2-3H2,1H3. The predicted molar refractivity (Wildman–Crippen MR) is 45.6 cm³/mol. The first-order valence-electron chi connectivity index (χ1n) is 4.19. The minimum atomic E-state index is 0.0463. The van der Waals surface area contributed by atoms with Gasteiger partial charge in [-0.3, -0.25) is 4.79 Å². The van der Waals surface area contributed by atoms with Crippen molar-refractivity contribution in [2.45, 2.75) is 19.8 Å². The van der Waals surface area contributed by atoms with Crippen molar-refractivity contribution in [1.29, 1.82) is 0 Å². The molecule has 0 radical (unpaired) electrons. The van der Waals surface area contributed by atoms with Gasteiger partial charge in [0.2, 0.25) is 5.91 Å². The highest BCUT2D eigenvalue weighted by molar-refractivity contribution is 5.77. The zero-order valence-electron chi connectivity index (χ0n) is 7.42. The second kappa shape index (κ2) is 7.06. The molecule has 0 aliphatic carbocycles. The molecule has 4 heteroatoms. The van der Waals surface area contributed by atoms with Gasteiger partial charge in [0.25, 0.3) is 0 Å². The van der Waals surface area contributed by atoms with Crippen LogP contribution in [0.2, 0.25) is 0 Å². The third-order valence-corrected chi connectivity index (χ3v) is 1.53. The zero-order valence-corrected chi connectivity index (χ0v) is 7.42. The van der Waals surface area contributed by atoms with Crippen LogP contribution in [0.4, 0.5) is 0 Å². The summed E-state index contributed by atoms with van der Waals surface area (Å²) in [5.41, 5.74) is 0. The predicted octanol–water partition coefficient (Wildman–Crippen LogP) is -0.496. The van der Waals surface area contributed by atoms with Crippen LogP contribution in [0.1, 0.15) is 19.8 Å². The van der Waals surface area contributed by atoms with Crippen LogP contribution in [0, 0.1) is 5.92 Å². The van der Waals surface area contributed by atoms with Gasteiger partial charge in [0.15, 0.2) is 0 Å². The van der Waals surface area contributed by atoms with Crippen LogP contribution in [0.15, 0.2) is 0 Å². The Labute approximate surface area is 72.6 Å². The van der Waals surface area contributed by atoms with Crippen molar-refractivity contribution in [1.82, 2.24) is 5.32 Å². The minimum Gasteiger partial charge on any atom is -0.396 e. The Morgan fingerprint density at radius 1 is 1.50 bits per heavy atom. The van der Waals surface area contributed by atoms with Crippen LogP contribution in [0.3, 0.4) is 0 Å². The molecule has 1 heterocycles. The number of nitrogens with one attached hydrogen (secondary N) is 1. The van der Waals surface area contributed by atoms with Crippen molar-refractivity contribution < 1.29 is 15.0 Å². The molecule has 1 amide bonds. The summed E-state index contributed by atoms with van der Waals surface area (Å²) in [5, 5.41) is 19.0. The second-order valence-corrected chi connectivity index (χ2v) is 2.92. The summed E-state index contributed by atoms with van der Waals surface area (Å²) < 4.78 is 0. The van der Waals surface area contributed by atoms with Gasteiger partial charge >= 0.3 is 0 Å². The number of hydrogen-bond donors (Lipinski definition) is 3. The molecule has 0 aromatic carbocycles. The highest BCUT2D eigenvalue weighted by Gasteiger charge is 2.05. The van der Waals surface area contributed by atoms with Gasteiger partial charge in [0.05, 0.1) is 0 Å². The molecule has 1 aliphatic rings. The summed E-state index contributed by atoms with van der Waals surface area (Å²) in [4.78, 5) is 10.1. The zero-order chi connectivity index (χ0) is 9.40. The third kappa shape index (κ3) is 6.12. The Morgan fingerprint density at radius 3 is 2.17 bits per heavy atom. The summed E-state index contributed by atoms with van der Waals surface area (Å²) in [6.45, 7) is 2.83. The number of aliphatic hydroxyl groups is 2. The Morgan fingerprint density at radius 2 is 2.08 bits per heavy atom. The van der Waals surface area contributed by atoms with E-state index in [4.69, 9.17) is 10.2 Å². The van der Waals surface area contributed by atoms with E-state index in [9.17, 15) is 4.79 Å². The molecule has 3 N–H and O–H groups in total. The van der Waals surface area contributed by atoms with Crippen LogP contribution >= 0.6 is 0 Å². The van der Waals surface area contributed by atoms with Gasteiger partial charge in [0.1, 0.15) is 0 Å². The summed E-state index contributed by atoms with van der Waals surface area (Å²) >= 11 is 0. The van der Waals surface area contributed by atoms with Gasteiger partial charge in [-0.15, -0.1) is 0 Å². The monoisotopic (exact) mass is 175 g/mol. The highest BCUT2D eigenvalue weighted by Crippen LogP contribution is 1.93. The van der Waals surface area contributed by atoms with E-state index in [1.165, 1.54) is 0 Å². The summed E-state index contributed by atoms with van der Waals surface area (Å²) in [6.07, 6.45) is 1.76. The smallest absolute Gasteiger partial charge is 0.220 e. The van der Waals surface area contributed by atoms with Crippen molar-refractivity contribution in [3.05, 3.63) is 0 Å². The molecular formula is C8H17NO3. The number of carbonyl (C=O) groups excluding carboxylic acids is 1. The Balaban J connectivity index is 0.000000202. The highest BCUT2D eigenvalue weighted by atomic mass is 16.3. The lowest BCUT2D eigenvalue weighted by atomic mass is 10.2. The molecule has 0 unspecified atom stereocenters. The maximum absolute atomic E-state index is 10.1. The molecule has 12 heavy (non-hydrogen) atoms. The van der Waals surface area contributed by atoms with E-state index < -0.39 is 0 Å². The molecule has 0 saturated carbocycles. The molecule has 0 spiro atoms. The lowest BCUT2D eigenvalue weighted by Gasteiger charge is -1.97. The van der Waals surface area contributed by atoms with Crippen LogP contribution in [-0.4, -0.2) is 35.9 Å². The maximum atomic E-state index is 10.1. The lowest BCUT2D eigenvalue weighted by Crippen LogP contribution is -2.12. The number of aliphatic hydroxyl groups excluding tert-OH is 2. The summed E-state index contributed by atoms with van der Waals surface area (Å²) in [6, 6.07) is 0. The fraction of sp³-hybridized carbons (Fsp3) is 0.875. The van der Waals surface area contributed by atoms with E-state index in [0.717, 1.165) is 19.4 Å². The fourth-order valence-corrected chi connectivity index (χ4v) is 0.623. The molecule has 1 saturated heterocycles. The Hall–Kier alpha value is -0.610. The molecule has 1 fully saturated rings. The summed E-state index contributed by atoms with van der Waals surface area (Å²) in [5.74, 6) is 0.250. The third-order valence-electron chi connectivity index (χ3n) is 1.53. The Kier molecular flexibility index (Phi) is 6.70. The Bertz CT molecular complexity index is 115. The van der Waals surface area contributed by atoms with Crippen LogP contribution in [-0.2, 0) is 4.79 Å². The van der Waals surface area contributed by atoms with Gasteiger partial charge in [-0.1, -0.05) is 6.92 Å². The van der Waals surface area contributed by atoms with Gasteiger partial charge in [-0.2, -0.15) is 0 Å². The largest absolute Gasteiger partial charge is 0.396 e. The molecule has 0 aromatic heterocycles. The first-order chi connectivity index (χ1) is 5.70. The van der Waals surface area contributed by atoms with Crippen molar-refractivity contribution in [3.8, 4) is 0 Å². The molecule has 0 aromatic rings. The topological polar surface area (TPSA) is 69.6 Å². The van der Waals surface area contributed by atoms with Crippen molar-refractivity contribution in [3.63, 3.8) is 0 Å². The van der Waals surface area contributed by atoms with Gasteiger partial charge in [0, 0.05) is 32.1 Å². The molecule has 0 atom stereocenters. The second-order valence-electron chi connectivity index (χ2n) is 2.92. The SMILES string of the molecule is CC(CO)CO.O=C1CCCN1. The van der Waals surface area contributed by atoms with Crippen molar-refractivity contribution >= 4 is 5.91 Å².